The summed E-state index contributed by atoms with van der Waals surface area (Å²) in [6, 6.07) is 8.40. The summed E-state index contributed by atoms with van der Waals surface area (Å²) in [7, 11) is 0. The Morgan fingerprint density at radius 3 is 2.46 bits per heavy atom. The number of nitrogens with zero attached hydrogens (tertiary/aromatic N) is 1. The number of esters is 1. The third-order valence-electron chi connectivity index (χ3n) is 2.81. The van der Waals surface area contributed by atoms with Crippen molar-refractivity contribution in [1.82, 2.24) is 4.98 Å². The van der Waals surface area contributed by atoms with Gasteiger partial charge < -0.3 is 14.8 Å². The monoisotopic (exact) mass is 332 g/mol. The van der Waals surface area contributed by atoms with E-state index in [1.807, 2.05) is 0 Å². The van der Waals surface area contributed by atoms with Crippen LogP contribution in [-0.4, -0.2) is 29.6 Å². The van der Waals surface area contributed by atoms with Gasteiger partial charge in [-0.1, -0.05) is 0 Å². The van der Waals surface area contributed by atoms with Crippen LogP contribution in [0.25, 0.3) is 0 Å². The molecular formula is C17H17FN2O4. The quantitative estimate of drug-likeness (QED) is 0.823. The van der Waals surface area contributed by atoms with Crippen LogP contribution >= 0.6 is 0 Å². The van der Waals surface area contributed by atoms with E-state index in [2.05, 4.69) is 10.3 Å². The van der Waals surface area contributed by atoms with E-state index < -0.39 is 5.97 Å². The fraction of sp³-hybridized carbons (Fsp3) is 0.235. The molecule has 0 aliphatic heterocycles. The van der Waals surface area contributed by atoms with Crippen molar-refractivity contribution in [2.24, 2.45) is 0 Å². The summed E-state index contributed by atoms with van der Waals surface area (Å²) < 4.78 is 22.9. The van der Waals surface area contributed by atoms with Crippen LogP contribution in [0.5, 0.6) is 5.88 Å². The molecule has 0 atom stereocenters. The molecule has 0 fully saturated rings. The molecule has 1 heterocycles. The average molecular weight is 332 g/mol. The molecule has 1 aromatic carbocycles. The molecule has 2 rings (SSSR count). The molecule has 24 heavy (non-hydrogen) atoms. The van der Waals surface area contributed by atoms with E-state index in [0.29, 0.717) is 11.3 Å². The molecule has 0 aliphatic carbocycles. The second-order valence-corrected chi connectivity index (χ2v) is 5.17. The van der Waals surface area contributed by atoms with Crippen LogP contribution in [0.2, 0.25) is 0 Å². The summed E-state index contributed by atoms with van der Waals surface area (Å²) >= 11 is 0. The number of carbonyl (C=O) groups excluding carboxylic acids is 2. The highest BCUT2D eigenvalue weighted by Gasteiger charge is 2.09. The normalized spacial score (nSPS) is 10.3. The number of hydrogen-bond acceptors (Lipinski definition) is 5. The minimum Gasteiger partial charge on any atom is -0.466 e. The van der Waals surface area contributed by atoms with Gasteiger partial charge in [0.05, 0.1) is 11.7 Å². The molecule has 7 heteroatoms. The van der Waals surface area contributed by atoms with Crippen LogP contribution < -0.4 is 10.1 Å². The number of aromatic nitrogens is 1. The van der Waals surface area contributed by atoms with E-state index in [0.717, 1.165) is 0 Å². The summed E-state index contributed by atoms with van der Waals surface area (Å²) in [6.45, 7) is 3.22. The number of anilines is 1. The highest BCUT2D eigenvalue weighted by atomic mass is 19.1. The van der Waals surface area contributed by atoms with Gasteiger partial charge in [0.1, 0.15) is 5.82 Å². The Kier molecular flexibility index (Phi) is 5.83. The Labute approximate surface area is 138 Å². The van der Waals surface area contributed by atoms with Gasteiger partial charge in [0.2, 0.25) is 5.88 Å². The molecule has 0 spiro atoms. The minimum absolute atomic E-state index is 0.203. The van der Waals surface area contributed by atoms with Gasteiger partial charge in [-0.05, 0) is 44.2 Å². The van der Waals surface area contributed by atoms with E-state index in [4.69, 9.17) is 9.47 Å². The first-order valence-electron chi connectivity index (χ1n) is 7.29. The van der Waals surface area contributed by atoms with Crippen LogP contribution in [0.4, 0.5) is 10.1 Å². The number of ether oxygens (including phenoxy) is 2. The van der Waals surface area contributed by atoms with E-state index in [9.17, 15) is 14.0 Å². The molecule has 0 aliphatic rings. The zero-order valence-electron chi connectivity index (χ0n) is 13.3. The topological polar surface area (TPSA) is 77.5 Å². The van der Waals surface area contributed by atoms with E-state index in [-0.39, 0.29) is 30.3 Å². The van der Waals surface area contributed by atoms with Crippen molar-refractivity contribution in [2.45, 2.75) is 20.0 Å². The fourth-order valence-electron chi connectivity index (χ4n) is 1.77. The number of nitrogens with one attached hydrogen (secondary N) is 1. The van der Waals surface area contributed by atoms with Crippen LogP contribution in [-0.2, 0) is 9.53 Å². The van der Waals surface area contributed by atoms with Crippen molar-refractivity contribution in [1.29, 1.82) is 0 Å². The lowest BCUT2D eigenvalue weighted by atomic mass is 10.2. The number of hydrogen-bond donors (Lipinski definition) is 1. The van der Waals surface area contributed by atoms with Crippen molar-refractivity contribution in [3.05, 3.63) is 54.0 Å². The summed E-state index contributed by atoms with van der Waals surface area (Å²) in [6.07, 6.45) is 1.11. The summed E-state index contributed by atoms with van der Waals surface area (Å²) in [4.78, 5) is 27.4. The van der Waals surface area contributed by atoms with Crippen LogP contribution in [0.1, 0.15) is 24.2 Å². The maximum absolute atomic E-state index is 12.8. The molecule has 0 radical (unpaired) electrons. The van der Waals surface area contributed by atoms with Crippen molar-refractivity contribution >= 4 is 17.6 Å². The number of benzene rings is 1. The largest absolute Gasteiger partial charge is 0.466 e. The molecule has 0 unspecified atom stereocenters. The zero-order chi connectivity index (χ0) is 17.5. The number of carbonyl (C=O) groups is 2. The molecule has 6 nitrogen and oxygen atoms in total. The van der Waals surface area contributed by atoms with Gasteiger partial charge in [-0.15, -0.1) is 0 Å². The third-order valence-corrected chi connectivity index (χ3v) is 2.81. The van der Waals surface area contributed by atoms with Crippen molar-refractivity contribution in [3.8, 4) is 5.88 Å². The zero-order valence-corrected chi connectivity index (χ0v) is 13.3. The van der Waals surface area contributed by atoms with Crippen molar-refractivity contribution in [3.63, 3.8) is 0 Å². The van der Waals surface area contributed by atoms with Gasteiger partial charge in [0, 0.05) is 18.0 Å². The lowest BCUT2D eigenvalue weighted by Crippen LogP contribution is -2.19. The lowest BCUT2D eigenvalue weighted by molar-refractivity contribution is -0.149. The van der Waals surface area contributed by atoms with Gasteiger partial charge >= 0.3 is 5.97 Å². The highest BCUT2D eigenvalue weighted by Crippen LogP contribution is 2.12. The number of pyridine rings is 1. The van der Waals surface area contributed by atoms with Gasteiger partial charge in [-0.2, -0.15) is 0 Å². The average Bonchev–Trinajstić information content (AvgIpc) is 2.55. The Hall–Kier alpha value is -2.96. The smallest absolute Gasteiger partial charge is 0.344 e. The second kappa shape index (κ2) is 8.05. The number of rotatable bonds is 6. The van der Waals surface area contributed by atoms with E-state index in [1.165, 1.54) is 42.6 Å². The first kappa shape index (κ1) is 17.4. The van der Waals surface area contributed by atoms with E-state index in [1.54, 1.807) is 13.8 Å². The van der Waals surface area contributed by atoms with Crippen molar-refractivity contribution in [2.75, 3.05) is 11.9 Å². The first-order chi connectivity index (χ1) is 11.4. The third kappa shape index (κ3) is 5.35. The molecule has 0 bridgehead atoms. The maximum atomic E-state index is 12.8. The predicted octanol–water partition coefficient (Wildman–Crippen LogP) is 2.80. The molecule has 0 saturated heterocycles. The fourth-order valence-corrected chi connectivity index (χ4v) is 1.77. The predicted molar refractivity (Wildman–Crippen MR) is 85.3 cm³/mol. The molecule has 2 aromatic rings. The summed E-state index contributed by atoms with van der Waals surface area (Å²) in [5, 5.41) is 2.62. The van der Waals surface area contributed by atoms with Crippen LogP contribution in [0, 0.1) is 5.82 Å². The van der Waals surface area contributed by atoms with Gasteiger partial charge in [-0.25, -0.2) is 14.2 Å². The first-order valence-corrected chi connectivity index (χ1v) is 7.29. The Bertz CT molecular complexity index is 700. The van der Waals surface area contributed by atoms with Crippen molar-refractivity contribution < 1.29 is 23.5 Å². The lowest BCUT2D eigenvalue weighted by Gasteiger charge is -2.09. The SMILES string of the molecule is CC(C)OC(=O)COc1ccc(C(=O)Nc2ccc(F)cc2)cn1. The molecule has 126 valence electrons. The molecule has 1 amide bonds. The van der Waals surface area contributed by atoms with Crippen LogP contribution in [0.15, 0.2) is 42.6 Å². The summed E-state index contributed by atoms with van der Waals surface area (Å²) in [5.74, 6) is -1.06. The number of halogens is 1. The number of amides is 1. The standard InChI is InChI=1S/C17H17FN2O4/c1-11(2)24-16(21)10-23-15-8-3-12(9-19-15)17(22)20-14-6-4-13(18)5-7-14/h3-9,11H,10H2,1-2H3,(H,20,22). The van der Waals surface area contributed by atoms with Crippen LogP contribution in [0.3, 0.4) is 0 Å². The Morgan fingerprint density at radius 2 is 1.88 bits per heavy atom. The van der Waals surface area contributed by atoms with Gasteiger partial charge in [0.25, 0.3) is 5.91 Å². The highest BCUT2D eigenvalue weighted by molar-refractivity contribution is 6.04. The van der Waals surface area contributed by atoms with E-state index >= 15 is 0 Å². The maximum Gasteiger partial charge on any atom is 0.344 e. The molecule has 1 aromatic heterocycles. The molecular weight excluding hydrogens is 315 g/mol. The van der Waals surface area contributed by atoms with Gasteiger partial charge in [0.15, 0.2) is 6.61 Å². The minimum atomic E-state index is -0.495. The Morgan fingerprint density at radius 1 is 1.17 bits per heavy atom. The second-order valence-electron chi connectivity index (χ2n) is 5.17. The molecule has 1 N–H and O–H groups in total. The molecule has 0 saturated carbocycles. The van der Waals surface area contributed by atoms with Gasteiger partial charge in [-0.3, -0.25) is 4.79 Å². The Balaban J connectivity index is 1.90. The summed E-state index contributed by atoms with van der Waals surface area (Å²) in [5.41, 5.74) is 0.773.